The fourth-order valence-electron chi connectivity index (χ4n) is 2.85. The Morgan fingerprint density at radius 2 is 2.11 bits per heavy atom. The highest BCUT2D eigenvalue weighted by Gasteiger charge is 2.32. The molecule has 0 aliphatic carbocycles. The van der Waals surface area contributed by atoms with E-state index in [0.29, 0.717) is 6.04 Å². The first kappa shape index (κ1) is 13.8. The van der Waals surface area contributed by atoms with E-state index in [1.165, 1.54) is 0 Å². The number of ether oxygens (including phenoxy) is 1. The fraction of sp³-hybridized carbons (Fsp3) is 0.923. The third kappa shape index (κ3) is 3.22. The highest BCUT2D eigenvalue weighted by molar-refractivity contribution is 5.81. The molecular formula is C13H25N3O2. The van der Waals surface area contributed by atoms with Crippen LogP contribution in [0.4, 0.5) is 0 Å². The molecule has 104 valence electrons. The van der Waals surface area contributed by atoms with Crippen LogP contribution in [0.1, 0.15) is 26.2 Å². The molecule has 0 spiro atoms. The number of nitrogens with two attached hydrogens (primary N) is 1. The molecule has 0 aromatic heterocycles. The van der Waals surface area contributed by atoms with Gasteiger partial charge < -0.3 is 15.4 Å². The predicted molar refractivity (Wildman–Crippen MR) is 70.3 cm³/mol. The molecule has 1 amide bonds. The molecule has 0 aromatic carbocycles. The summed E-state index contributed by atoms with van der Waals surface area (Å²) in [6, 6.07) is 0.199. The topological polar surface area (TPSA) is 58.8 Å². The summed E-state index contributed by atoms with van der Waals surface area (Å²) in [5.74, 6) is 0.132. The van der Waals surface area contributed by atoms with Crippen molar-refractivity contribution in [3.63, 3.8) is 0 Å². The lowest BCUT2D eigenvalue weighted by Gasteiger charge is -2.32. The third-order valence-electron chi connectivity index (χ3n) is 3.95. The molecule has 2 fully saturated rings. The summed E-state index contributed by atoms with van der Waals surface area (Å²) in [5.41, 5.74) is 5.91. The highest BCUT2D eigenvalue weighted by Crippen LogP contribution is 2.18. The second kappa shape index (κ2) is 6.50. The number of carbonyl (C=O) groups is 1. The molecule has 0 bridgehead atoms. The molecule has 0 saturated carbocycles. The van der Waals surface area contributed by atoms with Gasteiger partial charge in [0.25, 0.3) is 0 Å². The molecule has 0 aromatic rings. The molecule has 18 heavy (non-hydrogen) atoms. The van der Waals surface area contributed by atoms with Gasteiger partial charge in [0.2, 0.25) is 5.91 Å². The van der Waals surface area contributed by atoms with Gasteiger partial charge in [0.05, 0.1) is 19.3 Å². The Balaban J connectivity index is 1.81. The first-order valence-corrected chi connectivity index (χ1v) is 7.08. The van der Waals surface area contributed by atoms with Gasteiger partial charge in [0.15, 0.2) is 0 Å². The maximum atomic E-state index is 12.1. The fourth-order valence-corrected chi connectivity index (χ4v) is 2.85. The van der Waals surface area contributed by atoms with Crippen LogP contribution in [0.5, 0.6) is 0 Å². The number of hydrogen-bond donors (Lipinski definition) is 1. The lowest BCUT2D eigenvalue weighted by molar-refractivity contribution is -0.131. The maximum Gasteiger partial charge on any atom is 0.239 e. The van der Waals surface area contributed by atoms with Crippen molar-refractivity contribution in [3.8, 4) is 0 Å². The zero-order valence-electron chi connectivity index (χ0n) is 11.3. The third-order valence-corrected chi connectivity index (χ3v) is 3.95. The molecule has 2 aliphatic rings. The maximum absolute atomic E-state index is 12.1. The van der Waals surface area contributed by atoms with Crippen molar-refractivity contribution in [2.75, 3.05) is 39.4 Å². The minimum absolute atomic E-state index is 0.132. The van der Waals surface area contributed by atoms with E-state index >= 15 is 0 Å². The second-order valence-corrected chi connectivity index (χ2v) is 5.27. The first-order chi connectivity index (χ1) is 8.72. The number of likely N-dealkylation sites (tertiary alicyclic amines) is 1. The number of hydrogen-bond acceptors (Lipinski definition) is 4. The molecule has 2 N–H and O–H groups in total. The van der Waals surface area contributed by atoms with E-state index in [0.717, 1.165) is 58.7 Å². The van der Waals surface area contributed by atoms with Crippen LogP contribution in [0.15, 0.2) is 0 Å². The standard InChI is InChI=1S/C13H25N3O2/c1-2-3-12(14)13(17)16-5-4-11(10-16)15-6-8-18-9-7-15/h11-12H,2-10,14H2,1H3/t11?,12-/m1/s1. The summed E-state index contributed by atoms with van der Waals surface area (Å²) in [7, 11) is 0. The van der Waals surface area contributed by atoms with Crippen LogP contribution >= 0.6 is 0 Å². The normalized spacial score (nSPS) is 27.4. The van der Waals surface area contributed by atoms with Gasteiger partial charge in [-0.1, -0.05) is 13.3 Å². The quantitative estimate of drug-likeness (QED) is 0.771. The van der Waals surface area contributed by atoms with Gasteiger partial charge in [-0.3, -0.25) is 9.69 Å². The summed E-state index contributed by atoms with van der Waals surface area (Å²) >= 11 is 0. The van der Waals surface area contributed by atoms with Gasteiger partial charge >= 0.3 is 0 Å². The van der Waals surface area contributed by atoms with Gasteiger partial charge in [-0.2, -0.15) is 0 Å². The van der Waals surface area contributed by atoms with Crippen LogP contribution in [-0.2, 0) is 9.53 Å². The van der Waals surface area contributed by atoms with Gasteiger partial charge in [-0.15, -0.1) is 0 Å². The molecular weight excluding hydrogens is 230 g/mol. The van der Waals surface area contributed by atoms with E-state index in [-0.39, 0.29) is 11.9 Å². The molecule has 2 aliphatic heterocycles. The van der Waals surface area contributed by atoms with E-state index in [1.807, 2.05) is 4.90 Å². The molecule has 2 atom stereocenters. The summed E-state index contributed by atoms with van der Waals surface area (Å²) in [6.45, 7) is 7.39. The van der Waals surface area contributed by atoms with Gasteiger partial charge in [0.1, 0.15) is 0 Å². The van der Waals surface area contributed by atoms with Crippen LogP contribution in [0.2, 0.25) is 0 Å². The van der Waals surface area contributed by atoms with Crippen LogP contribution in [0.3, 0.4) is 0 Å². The van der Waals surface area contributed by atoms with E-state index in [9.17, 15) is 4.79 Å². The molecule has 0 radical (unpaired) electrons. The van der Waals surface area contributed by atoms with Gasteiger partial charge in [-0.25, -0.2) is 0 Å². The van der Waals surface area contributed by atoms with Crippen LogP contribution < -0.4 is 5.73 Å². The Morgan fingerprint density at radius 3 is 2.78 bits per heavy atom. The van der Waals surface area contributed by atoms with Crippen molar-refractivity contribution in [3.05, 3.63) is 0 Å². The summed E-state index contributed by atoms with van der Waals surface area (Å²) in [4.78, 5) is 16.5. The van der Waals surface area contributed by atoms with Crippen LogP contribution in [-0.4, -0.2) is 67.2 Å². The molecule has 1 unspecified atom stereocenters. The lowest BCUT2D eigenvalue weighted by atomic mass is 10.1. The van der Waals surface area contributed by atoms with Gasteiger partial charge in [0, 0.05) is 32.2 Å². The molecule has 5 heteroatoms. The number of rotatable bonds is 4. The Kier molecular flexibility index (Phi) is 4.97. The average Bonchev–Trinajstić information content (AvgIpc) is 2.89. The predicted octanol–water partition coefficient (Wildman–Crippen LogP) is 0.0469. The summed E-state index contributed by atoms with van der Waals surface area (Å²) in [5, 5.41) is 0. The minimum atomic E-state index is -0.307. The Bertz CT molecular complexity index is 279. The van der Waals surface area contributed by atoms with E-state index in [4.69, 9.17) is 10.5 Å². The van der Waals surface area contributed by atoms with Crippen molar-refractivity contribution in [1.82, 2.24) is 9.80 Å². The number of morpholine rings is 1. The smallest absolute Gasteiger partial charge is 0.239 e. The van der Waals surface area contributed by atoms with Crippen molar-refractivity contribution >= 4 is 5.91 Å². The first-order valence-electron chi connectivity index (χ1n) is 7.08. The van der Waals surface area contributed by atoms with Crippen LogP contribution in [0.25, 0.3) is 0 Å². The van der Waals surface area contributed by atoms with Crippen molar-refractivity contribution in [2.45, 2.75) is 38.3 Å². The summed E-state index contributed by atoms with van der Waals surface area (Å²) < 4.78 is 5.36. The SMILES string of the molecule is CCC[C@@H](N)C(=O)N1CCC(N2CCOCC2)C1. The average molecular weight is 255 g/mol. The van der Waals surface area contributed by atoms with Crippen molar-refractivity contribution in [1.29, 1.82) is 0 Å². The molecule has 2 rings (SSSR count). The van der Waals surface area contributed by atoms with Crippen molar-refractivity contribution < 1.29 is 9.53 Å². The Morgan fingerprint density at radius 1 is 1.39 bits per heavy atom. The largest absolute Gasteiger partial charge is 0.379 e. The Labute approximate surface area is 109 Å². The van der Waals surface area contributed by atoms with E-state index in [2.05, 4.69) is 11.8 Å². The monoisotopic (exact) mass is 255 g/mol. The second-order valence-electron chi connectivity index (χ2n) is 5.27. The van der Waals surface area contributed by atoms with Gasteiger partial charge in [-0.05, 0) is 12.8 Å². The lowest BCUT2D eigenvalue weighted by Crippen LogP contribution is -2.47. The minimum Gasteiger partial charge on any atom is -0.379 e. The summed E-state index contributed by atoms with van der Waals surface area (Å²) in [6.07, 6.45) is 2.83. The number of amides is 1. The molecule has 5 nitrogen and oxygen atoms in total. The number of nitrogens with zero attached hydrogens (tertiary/aromatic N) is 2. The molecule has 2 saturated heterocycles. The van der Waals surface area contributed by atoms with Crippen molar-refractivity contribution in [2.24, 2.45) is 5.73 Å². The molecule has 2 heterocycles. The Hall–Kier alpha value is -0.650. The highest BCUT2D eigenvalue weighted by atomic mass is 16.5. The van der Waals surface area contributed by atoms with Crippen LogP contribution in [0, 0.1) is 0 Å². The number of carbonyl (C=O) groups excluding carboxylic acids is 1. The zero-order chi connectivity index (χ0) is 13.0. The van der Waals surface area contributed by atoms with E-state index < -0.39 is 0 Å². The zero-order valence-corrected chi connectivity index (χ0v) is 11.3. The van der Waals surface area contributed by atoms with E-state index in [1.54, 1.807) is 0 Å².